The predicted molar refractivity (Wildman–Crippen MR) is 71.6 cm³/mol. The number of carbonyl (C=O) groups is 1. The molecule has 1 aliphatic rings. The molecule has 2 unspecified atom stereocenters. The van der Waals surface area contributed by atoms with Crippen LogP contribution < -0.4 is 11.1 Å². The molecule has 1 saturated carbocycles. The first-order valence-corrected chi connectivity index (χ1v) is 6.44. The summed E-state index contributed by atoms with van der Waals surface area (Å²) in [4.78, 5) is 11.7. The van der Waals surface area contributed by atoms with Gasteiger partial charge in [0.2, 0.25) is 5.91 Å². The number of nitrogens with one attached hydrogen (secondary N) is 1. The van der Waals surface area contributed by atoms with Gasteiger partial charge < -0.3 is 15.8 Å². The number of carbonyl (C=O) groups excluding carboxylic acids is 1. The molecule has 98 valence electrons. The smallest absolute Gasteiger partial charge is 0.250 e. The van der Waals surface area contributed by atoms with E-state index in [0.29, 0.717) is 10.7 Å². The average Bonchev–Trinajstić information content (AvgIpc) is 2.73. The van der Waals surface area contributed by atoms with Crippen LogP contribution >= 0.6 is 11.6 Å². The van der Waals surface area contributed by atoms with E-state index >= 15 is 0 Å². The van der Waals surface area contributed by atoms with Gasteiger partial charge in [-0.1, -0.05) is 17.7 Å². The zero-order valence-electron chi connectivity index (χ0n) is 10.1. The summed E-state index contributed by atoms with van der Waals surface area (Å²) in [5, 5.41) is 3.33. The van der Waals surface area contributed by atoms with E-state index in [1.807, 2.05) is 0 Å². The number of ether oxygens (including phenoxy) is 1. The summed E-state index contributed by atoms with van der Waals surface area (Å²) < 4.78 is 5.51. The van der Waals surface area contributed by atoms with Crippen molar-refractivity contribution in [1.82, 2.24) is 0 Å². The Balaban J connectivity index is 1.75. The van der Waals surface area contributed by atoms with Crippen LogP contribution in [0, 0.1) is 0 Å². The van der Waals surface area contributed by atoms with Gasteiger partial charge in [0, 0.05) is 16.8 Å². The summed E-state index contributed by atoms with van der Waals surface area (Å²) in [6.45, 7) is 0.0594. The van der Waals surface area contributed by atoms with Gasteiger partial charge in [-0.05, 0) is 37.5 Å². The van der Waals surface area contributed by atoms with Gasteiger partial charge >= 0.3 is 0 Å². The first-order valence-electron chi connectivity index (χ1n) is 6.06. The molecule has 2 rings (SSSR count). The highest BCUT2D eigenvalue weighted by atomic mass is 35.5. The molecule has 0 aliphatic heterocycles. The maximum Gasteiger partial charge on any atom is 0.250 e. The number of halogens is 1. The molecular formula is C13H17ClN2O2. The molecular weight excluding hydrogens is 252 g/mol. The van der Waals surface area contributed by atoms with Crippen molar-refractivity contribution in [2.75, 3.05) is 11.9 Å². The van der Waals surface area contributed by atoms with Gasteiger partial charge in [0.05, 0.1) is 6.10 Å². The summed E-state index contributed by atoms with van der Waals surface area (Å²) in [6.07, 6.45) is 2.86. The highest BCUT2D eigenvalue weighted by Gasteiger charge is 2.22. The number of rotatable bonds is 4. The number of amides is 1. The standard InChI is InChI=1S/C13H17ClN2O2/c14-9-2-1-3-11(6-9)16-13(17)8-18-12-5-4-10(15)7-12/h1-3,6,10,12H,4-5,7-8,15H2,(H,16,17). The minimum atomic E-state index is -0.169. The summed E-state index contributed by atoms with van der Waals surface area (Å²) >= 11 is 5.83. The van der Waals surface area contributed by atoms with Gasteiger partial charge in [0.1, 0.15) is 6.61 Å². The number of hydrogen-bond acceptors (Lipinski definition) is 3. The van der Waals surface area contributed by atoms with Crippen LogP contribution in [0.3, 0.4) is 0 Å². The Morgan fingerprint density at radius 1 is 1.50 bits per heavy atom. The molecule has 1 fully saturated rings. The fourth-order valence-electron chi connectivity index (χ4n) is 2.08. The third kappa shape index (κ3) is 3.98. The van der Waals surface area contributed by atoms with E-state index < -0.39 is 0 Å². The van der Waals surface area contributed by atoms with E-state index in [-0.39, 0.29) is 24.7 Å². The molecule has 0 bridgehead atoms. The third-order valence-electron chi connectivity index (χ3n) is 2.98. The lowest BCUT2D eigenvalue weighted by Crippen LogP contribution is -2.23. The Hall–Kier alpha value is -1.10. The number of anilines is 1. The largest absolute Gasteiger partial charge is 0.368 e. The van der Waals surface area contributed by atoms with Crippen LogP contribution in [0.4, 0.5) is 5.69 Å². The van der Waals surface area contributed by atoms with E-state index in [2.05, 4.69) is 5.32 Å². The summed E-state index contributed by atoms with van der Waals surface area (Å²) in [5.41, 5.74) is 6.46. The van der Waals surface area contributed by atoms with Crippen LogP contribution in [0.1, 0.15) is 19.3 Å². The lowest BCUT2D eigenvalue weighted by Gasteiger charge is -2.11. The van der Waals surface area contributed by atoms with Crippen molar-refractivity contribution in [1.29, 1.82) is 0 Å². The van der Waals surface area contributed by atoms with Gasteiger partial charge in [-0.3, -0.25) is 4.79 Å². The number of nitrogens with two attached hydrogens (primary N) is 1. The van der Waals surface area contributed by atoms with Crippen molar-refractivity contribution in [3.63, 3.8) is 0 Å². The van der Waals surface area contributed by atoms with Crippen LogP contribution in [0.25, 0.3) is 0 Å². The van der Waals surface area contributed by atoms with Crippen molar-refractivity contribution >= 4 is 23.2 Å². The first-order chi connectivity index (χ1) is 8.63. The topological polar surface area (TPSA) is 64.3 Å². The molecule has 1 aliphatic carbocycles. The minimum absolute atomic E-state index is 0.0594. The highest BCUT2D eigenvalue weighted by molar-refractivity contribution is 6.30. The lowest BCUT2D eigenvalue weighted by atomic mass is 10.3. The minimum Gasteiger partial charge on any atom is -0.368 e. The third-order valence-corrected chi connectivity index (χ3v) is 3.22. The maximum absolute atomic E-state index is 11.7. The van der Waals surface area contributed by atoms with E-state index in [1.165, 1.54) is 0 Å². The Morgan fingerprint density at radius 2 is 2.33 bits per heavy atom. The Bertz CT molecular complexity index is 425. The zero-order valence-corrected chi connectivity index (χ0v) is 10.8. The van der Waals surface area contributed by atoms with Crippen molar-refractivity contribution in [3.8, 4) is 0 Å². The van der Waals surface area contributed by atoms with Crippen LogP contribution in [0.5, 0.6) is 0 Å². The van der Waals surface area contributed by atoms with Crippen LogP contribution in [-0.2, 0) is 9.53 Å². The summed E-state index contributed by atoms with van der Waals surface area (Å²) in [7, 11) is 0. The zero-order chi connectivity index (χ0) is 13.0. The van der Waals surface area contributed by atoms with Crippen molar-refractivity contribution in [3.05, 3.63) is 29.3 Å². The molecule has 4 nitrogen and oxygen atoms in total. The SMILES string of the molecule is NC1CCC(OCC(=O)Nc2cccc(Cl)c2)C1. The fraction of sp³-hybridized carbons (Fsp3) is 0.462. The Labute approximate surface area is 111 Å². The number of benzene rings is 1. The molecule has 0 spiro atoms. The normalized spacial score (nSPS) is 23.0. The molecule has 2 atom stereocenters. The monoisotopic (exact) mass is 268 g/mol. The molecule has 0 aromatic heterocycles. The maximum atomic E-state index is 11.7. The Morgan fingerprint density at radius 3 is 3.00 bits per heavy atom. The Kier molecular flexibility index (Phi) is 4.58. The molecule has 18 heavy (non-hydrogen) atoms. The second-order valence-electron chi connectivity index (χ2n) is 4.56. The number of hydrogen-bond donors (Lipinski definition) is 2. The molecule has 0 heterocycles. The average molecular weight is 269 g/mol. The predicted octanol–water partition coefficient (Wildman–Crippen LogP) is 2.17. The second-order valence-corrected chi connectivity index (χ2v) is 5.00. The van der Waals surface area contributed by atoms with Crippen molar-refractivity contribution in [2.45, 2.75) is 31.4 Å². The van der Waals surface area contributed by atoms with E-state index in [9.17, 15) is 4.79 Å². The van der Waals surface area contributed by atoms with Gasteiger partial charge in [-0.15, -0.1) is 0 Å². The summed E-state index contributed by atoms with van der Waals surface area (Å²) in [5.74, 6) is -0.169. The lowest BCUT2D eigenvalue weighted by molar-refractivity contribution is -0.122. The van der Waals surface area contributed by atoms with Crippen LogP contribution in [0.2, 0.25) is 5.02 Å². The molecule has 5 heteroatoms. The van der Waals surface area contributed by atoms with E-state index in [4.69, 9.17) is 22.1 Å². The molecule has 1 aromatic rings. The van der Waals surface area contributed by atoms with Gasteiger partial charge in [-0.2, -0.15) is 0 Å². The van der Waals surface area contributed by atoms with Gasteiger partial charge in [0.25, 0.3) is 0 Å². The molecule has 1 amide bonds. The molecule has 3 N–H and O–H groups in total. The van der Waals surface area contributed by atoms with Crippen LogP contribution in [0.15, 0.2) is 24.3 Å². The quantitative estimate of drug-likeness (QED) is 0.880. The van der Waals surface area contributed by atoms with Crippen LogP contribution in [-0.4, -0.2) is 24.7 Å². The fourth-order valence-corrected chi connectivity index (χ4v) is 2.27. The highest BCUT2D eigenvalue weighted by Crippen LogP contribution is 2.20. The van der Waals surface area contributed by atoms with Crippen molar-refractivity contribution in [2.24, 2.45) is 5.73 Å². The first kappa shape index (κ1) is 13.3. The second kappa shape index (κ2) is 6.18. The molecule has 0 radical (unpaired) electrons. The van der Waals surface area contributed by atoms with Crippen molar-refractivity contribution < 1.29 is 9.53 Å². The van der Waals surface area contributed by atoms with E-state index in [0.717, 1.165) is 19.3 Å². The van der Waals surface area contributed by atoms with E-state index in [1.54, 1.807) is 24.3 Å². The molecule has 1 aromatic carbocycles. The van der Waals surface area contributed by atoms with Gasteiger partial charge in [-0.25, -0.2) is 0 Å². The van der Waals surface area contributed by atoms with Gasteiger partial charge in [0.15, 0.2) is 0 Å². The molecule has 0 saturated heterocycles. The summed E-state index contributed by atoms with van der Waals surface area (Å²) in [6, 6.07) is 7.24.